The zero-order chi connectivity index (χ0) is 12.3. The van der Waals surface area contributed by atoms with Crippen LogP contribution in [0.4, 0.5) is 0 Å². The molecule has 0 aromatic carbocycles. The number of oxazole rings is 1. The quantitative estimate of drug-likeness (QED) is 0.838. The molecule has 1 saturated heterocycles. The fourth-order valence-corrected chi connectivity index (χ4v) is 2.38. The largest absolute Gasteiger partial charge is 0.446 e. The highest BCUT2D eigenvalue weighted by Crippen LogP contribution is 2.19. The van der Waals surface area contributed by atoms with Crippen molar-refractivity contribution in [1.82, 2.24) is 15.2 Å². The average molecular weight is 237 g/mol. The molecular formula is C13H23N3O. The summed E-state index contributed by atoms with van der Waals surface area (Å²) < 4.78 is 5.78. The molecule has 1 aromatic rings. The van der Waals surface area contributed by atoms with Crippen molar-refractivity contribution in [2.24, 2.45) is 5.92 Å². The van der Waals surface area contributed by atoms with Crippen LogP contribution < -0.4 is 5.32 Å². The normalized spacial score (nSPS) is 23.1. The van der Waals surface area contributed by atoms with E-state index >= 15 is 0 Å². The van der Waals surface area contributed by atoms with Crippen LogP contribution in [-0.2, 0) is 12.8 Å². The second kappa shape index (κ2) is 5.65. The zero-order valence-electron chi connectivity index (χ0n) is 11.1. The molecule has 0 spiro atoms. The van der Waals surface area contributed by atoms with Crippen molar-refractivity contribution in [3.05, 3.63) is 17.8 Å². The van der Waals surface area contributed by atoms with Gasteiger partial charge in [0.25, 0.3) is 0 Å². The molecule has 4 nitrogen and oxygen atoms in total. The van der Waals surface area contributed by atoms with Crippen molar-refractivity contribution >= 4 is 0 Å². The Kier molecular flexibility index (Phi) is 4.18. The smallest absolute Gasteiger partial charge is 0.194 e. The number of hydrogen-bond acceptors (Lipinski definition) is 4. The fraction of sp³-hybridized carbons (Fsp3) is 0.769. The van der Waals surface area contributed by atoms with Crippen LogP contribution in [0.5, 0.6) is 0 Å². The van der Waals surface area contributed by atoms with Crippen molar-refractivity contribution in [3.63, 3.8) is 0 Å². The van der Waals surface area contributed by atoms with Crippen LogP contribution in [-0.4, -0.2) is 43.1 Å². The number of aromatic nitrogens is 1. The van der Waals surface area contributed by atoms with Crippen molar-refractivity contribution in [1.29, 1.82) is 0 Å². The Bertz CT molecular complexity index is 350. The maximum Gasteiger partial charge on any atom is 0.194 e. The first kappa shape index (κ1) is 12.6. The third kappa shape index (κ3) is 3.54. The highest BCUT2D eigenvalue weighted by Gasteiger charge is 2.21. The third-order valence-electron chi connectivity index (χ3n) is 3.55. The molecule has 2 rings (SSSR count). The monoisotopic (exact) mass is 237 g/mol. The van der Waals surface area contributed by atoms with Gasteiger partial charge in [-0.2, -0.15) is 0 Å². The summed E-state index contributed by atoms with van der Waals surface area (Å²) in [6.07, 6.45) is 5.04. The summed E-state index contributed by atoms with van der Waals surface area (Å²) in [4.78, 5) is 6.75. The Morgan fingerprint density at radius 2 is 2.47 bits per heavy atom. The minimum atomic E-state index is 0.438. The maximum absolute atomic E-state index is 5.78. The van der Waals surface area contributed by atoms with Gasteiger partial charge in [0.2, 0.25) is 0 Å². The molecule has 1 fully saturated rings. The molecule has 0 saturated carbocycles. The molecular weight excluding hydrogens is 214 g/mol. The highest BCUT2D eigenvalue weighted by molar-refractivity contribution is 4.98. The first-order valence-corrected chi connectivity index (χ1v) is 6.46. The standard InChI is InChI=1S/C13H23N3O/c1-10(14-2)6-12-8-15-13(17-12)7-11-4-5-16(3)9-11/h8,10-11,14H,4-7,9H2,1-3H3. The van der Waals surface area contributed by atoms with E-state index in [-0.39, 0.29) is 0 Å². The Morgan fingerprint density at radius 3 is 3.12 bits per heavy atom. The lowest BCUT2D eigenvalue weighted by molar-refractivity contribution is 0.371. The number of nitrogens with one attached hydrogen (secondary N) is 1. The van der Waals surface area contributed by atoms with Gasteiger partial charge in [0.05, 0.1) is 6.20 Å². The molecule has 1 N–H and O–H groups in total. The summed E-state index contributed by atoms with van der Waals surface area (Å²) in [5.41, 5.74) is 0. The molecule has 96 valence electrons. The van der Waals surface area contributed by atoms with Gasteiger partial charge in [0.15, 0.2) is 5.89 Å². The maximum atomic E-state index is 5.78. The van der Waals surface area contributed by atoms with Gasteiger partial charge in [-0.15, -0.1) is 0 Å². The second-order valence-electron chi connectivity index (χ2n) is 5.24. The third-order valence-corrected chi connectivity index (χ3v) is 3.55. The molecule has 2 atom stereocenters. The number of likely N-dealkylation sites (N-methyl/N-ethyl adjacent to an activating group) is 1. The van der Waals surface area contributed by atoms with Crippen LogP contribution >= 0.6 is 0 Å². The highest BCUT2D eigenvalue weighted by atomic mass is 16.4. The second-order valence-corrected chi connectivity index (χ2v) is 5.24. The van der Waals surface area contributed by atoms with E-state index < -0.39 is 0 Å². The molecule has 17 heavy (non-hydrogen) atoms. The summed E-state index contributed by atoms with van der Waals surface area (Å²) in [6, 6.07) is 0.438. The molecule has 1 aliphatic heterocycles. The summed E-state index contributed by atoms with van der Waals surface area (Å²) in [7, 11) is 4.14. The number of likely N-dealkylation sites (tertiary alicyclic amines) is 1. The molecule has 1 aliphatic rings. The van der Waals surface area contributed by atoms with E-state index in [1.165, 1.54) is 19.5 Å². The van der Waals surface area contributed by atoms with Crippen LogP contribution in [0.3, 0.4) is 0 Å². The first-order valence-electron chi connectivity index (χ1n) is 6.46. The predicted molar refractivity (Wildman–Crippen MR) is 68.0 cm³/mol. The fourth-order valence-electron chi connectivity index (χ4n) is 2.38. The van der Waals surface area contributed by atoms with Crippen molar-refractivity contribution < 1.29 is 4.42 Å². The Hall–Kier alpha value is -0.870. The Labute approximate surface area is 103 Å². The van der Waals surface area contributed by atoms with E-state index in [2.05, 4.69) is 29.2 Å². The molecule has 0 bridgehead atoms. The molecule has 1 aromatic heterocycles. The van der Waals surface area contributed by atoms with E-state index in [1.807, 2.05) is 13.2 Å². The van der Waals surface area contributed by atoms with Crippen LogP contribution in [0.15, 0.2) is 10.6 Å². The Morgan fingerprint density at radius 1 is 1.65 bits per heavy atom. The zero-order valence-corrected chi connectivity index (χ0v) is 11.1. The molecule has 0 amide bonds. The van der Waals surface area contributed by atoms with Gasteiger partial charge in [-0.3, -0.25) is 0 Å². The van der Waals surface area contributed by atoms with Gasteiger partial charge in [-0.25, -0.2) is 4.98 Å². The minimum absolute atomic E-state index is 0.438. The van der Waals surface area contributed by atoms with Crippen LogP contribution in [0, 0.1) is 5.92 Å². The van der Waals surface area contributed by atoms with E-state index in [1.54, 1.807) is 0 Å². The number of hydrogen-bond donors (Lipinski definition) is 1. The average Bonchev–Trinajstić information content (AvgIpc) is 2.89. The predicted octanol–water partition coefficient (Wildman–Crippen LogP) is 1.32. The number of nitrogens with zero attached hydrogens (tertiary/aromatic N) is 2. The van der Waals surface area contributed by atoms with Crippen LogP contribution in [0.1, 0.15) is 25.0 Å². The molecule has 2 unspecified atom stereocenters. The van der Waals surface area contributed by atoms with Crippen molar-refractivity contribution in [3.8, 4) is 0 Å². The van der Waals surface area contributed by atoms with Gasteiger partial charge < -0.3 is 14.6 Å². The van der Waals surface area contributed by atoms with E-state index in [0.29, 0.717) is 12.0 Å². The Balaban J connectivity index is 1.85. The van der Waals surface area contributed by atoms with Crippen molar-refractivity contribution in [2.75, 3.05) is 27.2 Å². The van der Waals surface area contributed by atoms with E-state index in [4.69, 9.17) is 4.42 Å². The number of rotatable bonds is 5. The lowest BCUT2D eigenvalue weighted by Crippen LogP contribution is -2.23. The summed E-state index contributed by atoms with van der Waals surface area (Å²) in [5.74, 6) is 2.62. The SMILES string of the molecule is CNC(C)Cc1cnc(CC2CCN(C)C2)o1. The van der Waals surface area contributed by atoms with Crippen LogP contribution in [0.2, 0.25) is 0 Å². The molecule has 0 aliphatic carbocycles. The van der Waals surface area contributed by atoms with Gasteiger partial charge in [-0.1, -0.05) is 0 Å². The minimum Gasteiger partial charge on any atom is -0.446 e. The van der Waals surface area contributed by atoms with Crippen LogP contribution in [0.25, 0.3) is 0 Å². The summed E-state index contributed by atoms with van der Waals surface area (Å²) >= 11 is 0. The molecule has 2 heterocycles. The van der Waals surface area contributed by atoms with Gasteiger partial charge in [-0.05, 0) is 39.9 Å². The first-order chi connectivity index (χ1) is 8.17. The van der Waals surface area contributed by atoms with Crippen molar-refractivity contribution in [2.45, 2.75) is 32.2 Å². The van der Waals surface area contributed by atoms with E-state index in [9.17, 15) is 0 Å². The molecule has 0 radical (unpaired) electrons. The topological polar surface area (TPSA) is 41.3 Å². The van der Waals surface area contributed by atoms with Gasteiger partial charge in [0.1, 0.15) is 5.76 Å². The lowest BCUT2D eigenvalue weighted by atomic mass is 10.1. The lowest BCUT2D eigenvalue weighted by Gasteiger charge is -2.08. The molecule has 4 heteroatoms. The van der Waals surface area contributed by atoms with Gasteiger partial charge >= 0.3 is 0 Å². The van der Waals surface area contributed by atoms with E-state index in [0.717, 1.165) is 24.5 Å². The summed E-state index contributed by atoms with van der Waals surface area (Å²) in [6.45, 7) is 4.52. The summed E-state index contributed by atoms with van der Waals surface area (Å²) in [5, 5.41) is 3.21. The van der Waals surface area contributed by atoms with Gasteiger partial charge in [0, 0.05) is 25.4 Å².